The van der Waals surface area contributed by atoms with Gasteiger partial charge in [0.15, 0.2) is 6.10 Å². The third kappa shape index (κ3) is 3.79. The number of carbonyl (C=O) groups is 2. The van der Waals surface area contributed by atoms with Crippen LogP contribution in [-0.2, 0) is 21.0 Å². The van der Waals surface area contributed by atoms with E-state index in [-0.39, 0.29) is 12.2 Å². The van der Waals surface area contributed by atoms with E-state index in [2.05, 4.69) is 0 Å². The number of imide groups is 1. The van der Waals surface area contributed by atoms with Crippen molar-refractivity contribution >= 4 is 46.4 Å². The minimum atomic E-state index is -1.09. The molecule has 0 radical (unpaired) electrons. The molecule has 0 N–H and O–H groups in total. The number of halogens is 2. The molecule has 0 bridgehead atoms. The molecule has 0 saturated carbocycles. The number of nitrogens with zero attached hydrogens (tertiary/aromatic N) is 3. The van der Waals surface area contributed by atoms with Crippen LogP contribution in [0.4, 0.5) is 11.4 Å². The first-order valence-electron chi connectivity index (χ1n) is 10.4. The van der Waals surface area contributed by atoms with Gasteiger partial charge >= 0.3 is 0 Å². The van der Waals surface area contributed by atoms with Crippen LogP contribution in [0.3, 0.4) is 0 Å². The number of fused-ring (bicyclic) bond motifs is 1. The van der Waals surface area contributed by atoms with Crippen LogP contribution in [0.5, 0.6) is 0 Å². The first-order valence-corrected chi connectivity index (χ1v) is 11.2. The Morgan fingerprint density at radius 3 is 2.41 bits per heavy atom. The first kappa shape index (κ1) is 22.3. The van der Waals surface area contributed by atoms with Gasteiger partial charge in [-0.3, -0.25) is 29.4 Å². The van der Waals surface area contributed by atoms with Gasteiger partial charge in [-0.25, -0.2) is 5.06 Å². The Balaban J connectivity index is 1.57. The van der Waals surface area contributed by atoms with Crippen LogP contribution in [0.25, 0.3) is 0 Å². The van der Waals surface area contributed by atoms with Crippen LogP contribution >= 0.6 is 23.2 Å². The lowest BCUT2D eigenvalue weighted by Gasteiger charge is -2.29. The van der Waals surface area contributed by atoms with Crippen LogP contribution in [0.2, 0.25) is 10.0 Å². The second kappa shape index (κ2) is 8.72. The highest BCUT2D eigenvalue weighted by atomic mass is 35.5. The van der Waals surface area contributed by atoms with E-state index in [1.54, 1.807) is 24.3 Å². The Bertz CT molecular complexity index is 1300. The number of hydrogen-bond donors (Lipinski definition) is 0. The summed E-state index contributed by atoms with van der Waals surface area (Å²) in [5, 5.41) is 13.4. The maximum Gasteiger partial charge on any atom is 0.271 e. The molecule has 3 unspecified atom stereocenters. The second-order valence-electron chi connectivity index (χ2n) is 8.01. The van der Waals surface area contributed by atoms with Gasteiger partial charge in [0, 0.05) is 22.2 Å². The summed E-state index contributed by atoms with van der Waals surface area (Å²) in [6.07, 6.45) is -1.09. The monoisotopic (exact) mass is 497 g/mol. The van der Waals surface area contributed by atoms with E-state index >= 15 is 0 Å². The summed E-state index contributed by atoms with van der Waals surface area (Å²) in [5.41, 5.74) is 1.51. The number of nitro groups is 1. The molecule has 8 nitrogen and oxygen atoms in total. The Labute approximate surface area is 204 Å². The number of benzene rings is 3. The lowest BCUT2D eigenvalue weighted by Crippen LogP contribution is -2.37. The average molecular weight is 498 g/mol. The Morgan fingerprint density at radius 1 is 0.941 bits per heavy atom. The molecular formula is C24H17Cl2N3O5. The number of nitro benzene ring substituents is 1. The van der Waals surface area contributed by atoms with E-state index in [0.29, 0.717) is 21.3 Å². The minimum Gasteiger partial charge on any atom is -0.275 e. The van der Waals surface area contributed by atoms with Crippen LogP contribution < -0.4 is 5.06 Å². The molecule has 34 heavy (non-hydrogen) atoms. The highest BCUT2D eigenvalue weighted by Crippen LogP contribution is 2.49. The second-order valence-corrected chi connectivity index (χ2v) is 8.86. The molecule has 3 aromatic rings. The lowest BCUT2D eigenvalue weighted by atomic mass is 9.90. The predicted octanol–water partition coefficient (Wildman–Crippen LogP) is 4.95. The van der Waals surface area contributed by atoms with Gasteiger partial charge in [-0.1, -0.05) is 65.7 Å². The first-order chi connectivity index (χ1) is 16.3. The summed E-state index contributed by atoms with van der Waals surface area (Å²) in [6.45, 7) is 0.118. The van der Waals surface area contributed by atoms with Crippen LogP contribution in [-0.4, -0.2) is 27.7 Å². The van der Waals surface area contributed by atoms with Crippen LogP contribution in [0.1, 0.15) is 17.2 Å². The molecule has 10 heteroatoms. The highest BCUT2D eigenvalue weighted by molar-refractivity contribution is 6.35. The number of hydrogen-bond acceptors (Lipinski definition) is 6. The average Bonchev–Trinajstić information content (AvgIpc) is 3.32. The summed E-state index contributed by atoms with van der Waals surface area (Å²) in [5.74, 6) is -1.76. The smallest absolute Gasteiger partial charge is 0.271 e. The Morgan fingerprint density at radius 2 is 1.71 bits per heavy atom. The van der Waals surface area contributed by atoms with Crippen LogP contribution in [0, 0.1) is 16.0 Å². The van der Waals surface area contributed by atoms with Gasteiger partial charge in [0.05, 0.1) is 23.2 Å². The number of likely N-dealkylation sites (tertiary alicyclic amines) is 1. The predicted molar refractivity (Wildman–Crippen MR) is 125 cm³/mol. The molecule has 3 atom stereocenters. The van der Waals surface area contributed by atoms with Crippen molar-refractivity contribution in [1.29, 1.82) is 0 Å². The van der Waals surface area contributed by atoms with Crippen molar-refractivity contribution in [3.63, 3.8) is 0 Å². The molecule has 2 amide bonds. The van der Waals surface area contributed by atoms with Crippen molar-refractivity contribution in [3.8, 4) is 0 Å². The van der Waals surface area contributed by atoms with E-state index in [9.17, 15) is 19.7 Å². The van der Waals surface area contributed by atoms with E-state index in [0.717, 1.165) is 5.56 Å². The van der Waals surface area contributed by atoms with Crippen molar-refractivity contribution in [2.24, 2.45) is 5.92 Å². The Kier molecular flexibility index (Phi) is 5.73. The zero-order valence-electron chi connectivity index (χ0n) is 17.5. The Hall–Kier alpha value is -3.46. The van der Waals surface area contributed by atoms with E-state index in [1.807, 2.05) is 30.3 Å². The molecule has 0 aliphatic carbocycles. The number of non-ortho nitro benzene ring substituents is 1. The molecule has 2 aliphatic heterocycles. The fraction of sp³-hybridized carbons (Fsp3) is 0.167. The largest absolute Gasteiger partial charge is 0.275 e. The lowest BCUT2D eigenvalue weighted by molar-refractivity contribution is -0.384. The molecule has 2 aliphatic rings. The standard InChI is InChI=1S/C24H17Cl2N3O5/c25-15-9-10-18(19(26)11-15)21-20-22(34-28(21)16-7-4-8-17(12-16)29(32)33)24(31)27(23(20)30)13-14-5-2-1-3-6-14/h1-12,20-22H,13H2. The summed E-state index contributed by atoms with van der Waals surface area (Å²) < 4.78 is 0. The van der Waals surface area contributed by atoms with Gasteiger partial charge in [0.2, 0.25) is 5.91 Å². The minimum absolute atomic E-state index is 0.118. The van der Waals surface area contributed by atoms with Crippen molar-refractivity contribution in [3.05, 3.63) is 104 Å². The number of hydroxylamine groups is 1. The van der Waals surface area contributed by atoms with Crippen molar-refractivity contribution < 1.29 is 19.3 Å². The number of amides is 2. The van der Waals surface area contributed by atoms with Gasteiger partial charge in [-0.05, 0) is 29.3 Å². The third-order valence-corrected chi connectivity index (χ3v) is 6.53. The summed E-state index contributed by atoms with van der Waals surface area (Å²) >= 11 is 12.6. The van der Waals surface area contributed by atoms with Crippen molar-refractivity contribution in [1.82, 2.24) is 4.90 Å². The zero-order valence-corrected chi connectivity index (χ0v) is 19.0. The summed E-state index contributed by atoms with van der Waals surface area (Å²) in [6, 6.07) is 19.0. The highest BCUT2D eigenvalue weighted by Gasteiger charge is 2.60. The van der Waals surface area contributed by atoms with Gasteiger partial charge in [-0.15, -0.1) is 0 Å². The SMILES string of the molecule is O=C1C2ON(c3cccc([N+](=O)[O-])c3)C(c3ccc(Cl)cc3Cl)C2C(=O)N1Cc1ccccc1. The molecule has 0 aromatic heterocycles. The molecule has 2 saturated heterocycles. The maximum absolute atomic E-state index is 13.5. The van der Waals surface area contributed by atoms with Gasteiger partial charge in [-0.2, -0.15) is 0 Å². The number of rotatable bonds is 5. The van der Waals surface area contributed by atoms with Gasteiger partial charge in [0.1, 0.15) is 5.92 Å². The van der Waals surface area contributed by atoms with Crippen molar-refractivity contribution in [2.75, 3.05) is 5.06 Å². The molecular weight excluding hydrogens is 481 g/mol. The summed E-state index contributed by atoms with van der Waals surface area (Å²) in [4.78, 5) is 44.8. The number of anilines is 1. The fourth-order valence-electron chi connectivity index (χ4n) is 4.42. The fourth-order valence-corrected chi connectivity index (χ4v) is 4.94. The maximum atomic E-state index is 13.5. The molecule has 3 aromatic carbocycles. The molecule has 172 valence electrons. The summed E-state index contributed by atoms with van der Waals surface area (Å²) in [7, 11) is 0. The molecule has 2 fully saturated rings. The van der Waals surface area contributed by atoms with E-state index in [1.165, 1.54) is 28.2 Å². The van der Waals surface area contributed by atoms with Crippen LogP contribution in [0.15, 0.2) is 72.8 Å². The van der Waals surface area contributed by atoms with Gasteiger partial charge < -0.3 is 0 Å². The van der Waals surface area contributed by atoms with E-state index in [4.69, 9.17) is 28.0 Å². The molecule has 5 rings (SSSR count). The van der Waals surface area contributed by atoms with E-state index < -0.39 is 34.8 Å². The third-order valence-electron chi connectivity index (χ3n) is 5.97. The zero-order chi connectivity index (χ0) is 24.0. The quantitative estimate of drug-likeness (QED) is 0.281. The number of carbonyl (C=O) groups excluding carboxylic acids is 2. The molecule has 0 spiro atoms. The topological polar surface area (TPSA) is 93.0 Å². The van der Waals surface area contributed by atoms with Gasteiger partial charge in [0.25, 0.3) is 11.6 Å². The van der Waals surface area contributed by atoms with Crippen molar-refractivity contribution in [2.45, 2.75) is 18.7 Å². The molecule has 2 heterocycles. The normalized spacial score (nSPS) is 21.8.